The predicted octanol–water partition coefficient (Wildman–Crippen LogP) is 3.42. The van der Waals surface area contributed by atoms with Gasteiger partial charge in [-0.1, -0.05) is 57.8 Å². The Bertz CT molecular complexity index is 148. The van der Waals surface area contributed by atoms with Crippen molar-refractivity contribution in [3.63, 3.8) is 0 Å². The Morgan fingerprint density at radius 3 is 1.54 bits per heavy atom. The molecule has 2 aliphatic rings. The molecule has 0 aromatic carbocycles. The first-order valence-corrected chi connectivity index (χ1v) is 7.84. The van der Waals surface area contributed by atoms with Crippen LogP contribution in [-0.2, 0) is 4.80 Å². The van der Waals surface area contributed by atoms with E-state index < -0.39 is 9.04 Å². The van der Waals surface area contributed by atoms with Crippen molar-refractivity contribution in [1.82, 2.24) is 0 Å². The summed E-state index contributed by atoms with van der Waals surface area (Å²) < 4.78 is 0. The van der Waals surface area contributed by atoms with Crippen LogP contribution >= 0.6 is 0 Å². The normalized spacial score (nSPS) is 29.3. The van der Waals surface area contributed by atoms with Crippen LogP contribution in [0.2, 0.25) is 11.1 Å². The summed E-state index contributed by atoms with van der Waals surface area (Å²) in [7, 11) is -1.59. The summed E-state index contributed by atoms with van der Waals surface area (Å²) in [5, 5.41) is 0. The van der Waals surface area contributed by atoms with Gasteiger partial charge in [-0.2, -0.15) is 0 Å². The highest BCUT2D eigenvalue weighted by atomic mass is 28.3. The van der Waals surface area contributed by atoms with Gasteiger partial charge in [0.25, 0.3) is 0 Å². The van der Waals surface area contributed by atoms with Crippen molar-refractivity contribution >= 4 is 9.04 Å². The maximum atomic E-state index is 12.2. The molecule has 2 fully saturated rings. The van der Waals surface area contributed by atoms with E-state index in [0.29, 0.717) is 11.1 Å². The molecule has 2 rings (SSSR count). The van der Waals surface area contributed by atoms with Crippen LogP contribution in [0.15, 0.2) is 0 Å². The lowest BCUT2D eigenvalue weighted by Gasteiger charge is -2.27. The summed E-state index contributed by atoms with van der Waals surface area (Å²) in [4.78, 5) is 12.2. The molecule has 0 amide bonds. The largest absolute Gasteiger partial charge is 0.301 e. The van der Waals surface area contributed by atoms with Gasteiger partial charge in [-0.15, -0.1) is 0 Å². The van der Waals surface area contributed by atoms with Crippen molar-refractivity contribution in [3.05, 3.63) is 0 Å². The van der Waals surface area contributed by atoms with Crippen LogP contribution in [0.5, 0.6) is 0 Å². The zero-order valence-electron chi connectivity index (χ0n) is 8.50. The summed E-state index contributed by atoms with van der Waals surface area (Å²) in [5.74, 6) is 0. The van der Waals surface area contributed by atoms with Crippen LogP contribution < -0.4 is 0 Å². The molecule has 0 saturated heterocycles. The van der Waals surface area contributed by atoms with E-state index in [0.717, 1.165) is 0 Å². The van der Waals surface area contributed by atoms with Gasteiger partial charge in [0, 0.05) is 0 Å². The fourth-order valence-corrected chi connectivity index (χ4v) is 6.16. The highest BCUT2D eigenvalue weighted by molar-refractivity contribution is 6.53. The summed E-state index contributed by atoms with van der Waals surface area (Å²) in [5.41, 5.74) is 1.36. The zero-order chi connectivity index (χ0) is 9.10. The van der Waals surface area contributed by atoms with E-state index in [-0.39, 0.29) is 0 Å². The van der Waals surface area contributed by atoms with E-state index in [4.69, 9.17) is 0 Å². The molecule has 0 aromatic heterocycles. The summed E-state index contributed by atoms with van der Waals surface area (Å²) in [6, 6.07) is 0. The average Bonchev–Trinajstić information content (AvgIpc) is 2.71. The molecule has 1 atom stereocenters. The van der Waals surface area contributed by atoms with Crippen molar-refractivity contribution in [1.29, 1.82) is 0 Å². The lowest BCUT2D eigenvalue weighted by atomic mass is 10.0. The standard InChI is InChI=1S/C11H21OSi/c12-13(11-8-4-5-9-11)10-6-2-1-3-7-10/h10-11,13H,1-9H2. The minimum Gasteiger partial charge on any atom is -0.301 e. The van der Waals surface area contributed by atoms with Crippen molar-refractivity contribution < 1.29 is 4.80 Å². The van der Waals surface area contributed by atoms with Gasteiger partial charge < -0.3 is 4.80 Å². The zero-order valence-corrected chi connectivity index (χ0v) is 9.66. The van der Waals surface area contributed by atoms with Gasteiger partial charge >= 0.3 is 0 Å². The van der Waals surface area contributed by atoms with E-state index in [1.807, 2.05) is 0 Å². The van der Waals surface area contributed by atoms with Gasteiger partial charge in [-0.3, -0.25) is 0 Å². The second-order valence-corrected chi connectivity index (χ2v) is 7.72. The summed E-state index contributed by atoms with van der Waals surface area (Å²) in [6.45, 7) is 0. The fourth-order valence-electron chi connectivity index (χ4n) is 3.13. The number of hydrogen-bond acceptors (Lipinski definition) is 0. The molecule has 2 aliphatic carbocycles. The molecule has 75 valence electrons. The lowest BCUT2D eigenvalue weighted by Crippen LogP contribution is -2.25. The molecule has 0 aliphatic heterocycles. The molecule has 1 nitrogen and oxygen atoms in total. The Labute approximate surface area is 83.3 Å². The topological polar surface area (TPSA) is 19.9 Å². The molecule has 0 heterocycles. The second kappa shape index (κ2) is 4.60. The summed E-state index contributed by atoms with van der Waals surface area (Å²) >= 11 is 0. The van der Waals surface area contributed by atoms with E-state index in [1.165, 1.54) is 57.8 Å². The van der Waals surface area contributed by atoms with Gasteiger partial charge in [0.15, 0.2) is 0 Å². The molecule has 1 radical (unpaired) electrons. The highest BCUT2D eigenvalue weighted by Crippen LogP contribution is 2.41. The van der Waals surface area contributed by atoms with Gasteiger partial charge in [0.05, 0.1) is 0 Å². The van der Waals surface area contributed by atoms with Crippen LogP contribution in [0.25, 0.3) is 0 Å². The Hall–Kier alpha value is 0.177. The molecule has 0 bridgehead atoms. The maximum Gasteiger partial charge on any atom is 0.228 e. The van der Waals surface area contributed by atoms with Crippen LogP contribution in [0, 0.1) is 0 Å². The molecule has 2 heteroatoms. The quantitative estimate of drug-likeness (QED) is 0.605. The van der Waals surface area contributed by atoms with Gasteiger partial charge in [0.2, 0.25) is 9.04 Å². The van der Waals surface area contributed by atoms with Crippen LogP contribution in [0.4, 0.5) is 0 Å². The van der Waals surface area contributed by atoms with Crippen molar-refractivity contribution in [2.24, 2.45) is 0 Å². The van der Waals surface area contributed by atoms with Crippen LogP contribution in [0.1, 0.15) is 57.8 Å². The van der Waals surface area contributed by atoms with Gasteiger partial charge in [-0.05, 0) is 11.1 Å². The minimum atomic E-state index is -1.59. The summed E-state index contributed by atoms with van der Waals surface area (Å²) in [6.07, 6.45) is 11.9. The Morgan fingerprint density at radius 2 is 1.08 bits per heavy atom. The molecular weight excluding hydrogens is 176 g/mol. The molecule has 0 aromatic rings. The van der Waals surface area contributed by atoms with E-state index >= 15 is 0 Å². The van der Waals surface area contributed by atoms with Crippen molar-refractivity contribution in [2.45, 2.75) is 68.9 Å². The smallest absolute Gasteiger partial charge is 0.228 e. The molecule has 13 heavy (non-hydrogen) atoms. The first kappa shape index (κ1) is 9.72. The average molecular weight is 197 g/mol. The second-order valence-electron chi connectivity index (χ2n) is 4.91. The third-order valence-electron chi connectivity index (χ3n) is 3.98. The van der Waals surface area contributed by atoms with Crippen molar-refractivity contribution in [3.8, 4) is 0 Å². The van der Waals surface area contributed by atoms with Crippen LogP contribution in [0.3, 0.4) is 0 Å². The first-order valence-electron chi connectivity index (χ1n) is 6.04. The predicted molar refractivity (Wildman–Crippen MR) is 56.9 cm³/mol. The molecular formula is C11H21OSi. The fraction of sp³-hybridized carbons (Fsp3) is 1.00. The van der Waals surface area contributed by atoms with E-state index in [9.17, 15) is 4.80 Å². The third-order valence-corrected chi connectivity index (χ3v) is 7.17. The number of hydrogen-bond donors (Lipinski definition) is 0. The van der Waals surface area contributed by atoms with Crippen LogP contribution in [-0.4, -0.2) is 9.04 Å². The monoisotopic (exact) mass is 197 g/mol. The van der Waals surface area contributed by atoms with E-state index in [1.54, 1.807) is 0 Å². The SMILES string of the molecule is [O][SiH](C1CCCCC1)C1CCCC1. The Morgan fingerprint density at radius 1 is 0.692 bits per heavy atom. The number of rotatable bonds is 2. The molecule has 1 unspecified atom stereocenters. The van der Waals surface area contributed by atoms with Gasteiger partial charge in [-0.25, -0.2) is 0 Å². The lowest BCUT2D eigenvalue weighted by molar-refractivity contribution is 0.377. The maximum absolute atomic E-state index is 12.2. The molecule has 2 saturated carbocycles. The molecule has 0 spiro atoms. The van der Waals surface area contributed by atoms with E-state index in [2.05, 4.69) is 0 Å². The molecule has 0 N–H and O–H groups in total. The minimum absolute atomic E-state index is 0.678. The Kier molecular flexibility index (Phi) is 3.44. The first-order chi connectivity index (χ1) is 6.38. The Balaban J connectivity index is 1.83. The van der Waals surface area contributed by atoms with Crippen molar-refractivity contribution in [2.75, 3.05) is 0 Å². The third kappa shape index (κ3) is 2.35. The van der Waals surface area contributed by atoms with Gasteiger partial charge in [0.1, 0.15) is 0 Å². The highest BCUT2D eigenvalue weighted by Gasteiger charge is 2.33.